The zero-order chi connectivity index (χ0) is 9.42. The molecule has 0 saturated carbocycles. The molecule has 0 unspecified atom stereocenters. The molecule has 0 radical (unpaired) electrons. The van der Waals surface area contributed by atoms with Gasteiger partial charge in [0.05, 0.1) is 11.9 Å². The first kappa shape index (κ1) is 7.71. The SMILES string of the molecule is Cc1nn(C)cc1-n1nnnc1N. The number of aromatic nitrogens is 6. The third-order valence-electron chi connectivity index (χ3n) is 1.71. The van der Waals surface area contributed by atoms with Crippen LogP contribution in [0, 0.1) is 6.92 Å². The maximum atomic E-state index is 5.54. The molecule has 0 fully saturated rings. The molecule has 0 saturated heterocycles. The van der Waals surface area contributed by atoms with Crippen molar-refractivity contribution >= 4 is 5.95 Å². The van der Waals surface area contributed by atoms with Crippen molar-refractivity contribution in [3.8, 4) is 5.69 Å². The smallest absolute Gasteiger partial charge is 0.245 e. The lowest BCUT2D eigenvalue weighted by Crippen LogP contribution is -2.02. The molecule has 7 nitrogen and oxygen atoms in total. The summed E-state index contributed by atoms with van der Waals surface area (Å²) in [6.07, 6.45) is 1.81. The molecular weight excluding hydrogens is 170 g/mol. The molecule has 0 atom stereocenters. The van der Waals surface area contributed by atoms with Crippen LogP contribution in [0.1, 0.15) is 5.69 Å². The fourth-order valence-corrected chi connectivity index (χ4v) is 1.16. The van der Waals surface area contributed by atoms with Crippen LogP contribution in [0.5, 0.6) is 0 Å². The van der Waals surface area contributed by atoms with Crippen molar-refractivity contribution in [3.63, 3.8) is 0 Å². The summed E-state index contributed by atoms with van der Waals surface area (Å²) in [4.78, 5) is 0. The summed E-state index contributed by atoms with van der Waals surface area (Å²) in [5, 5.41) is 14.9. The molecule has 0 aliphatic rings. The van der Waals surface area contributed by atoms with E-state index in [1.807, 2.05) is 20.2 Å². The molecule has 13 heavy (non-hydrogen) atoms. The highest BCUT2D eigenvalue weighted by atomic mass is 15.6. The Balaban J connectivity index is 2.58. The van der Waals surface area contributed by atoms with Gasteiger partial charge in [-0.05, 0) is 17.4 Å². The topological polar surface area (TPSA) is 87.4 Å². The summed E-state index contributed by atoms with van der Waals surface area (Å²) >= 11 is 0. The van der Waals surface area contributed by atoms with Crippen LogP contribution in [0.3, 0.4) is 0 Å². The Morgan fingerprint density at radius 1 is 1.46 bits per heavy atom. The van der Waals surface area contributed by atoms with Crippen molar-refractivity contribution in [2.24, 2.45) is 7.05 Å². The molecule has 2 aromatic rings. The second-order valence-electron chi connectivity index (χ2n) is 2.72. The number of nitrogens with zero attached hydrogens (tertiary/aromatic N) is 6. The van der Waals surface area contributed by atoms with Gasteiger partial charge in [-0.2, -0.15) is 9.78 Å². The minimum Gasteiger partial charge on any atom is -0.366 e. The number of rotatable bonds is 1. The molecule has 2 N–H and O–H groups in total. The van der Waals surface area contributed by atoms with Gasteiger partial charge in [0, 0.05) is 7.05 Å². The number of nitrogen functional groups attached to an aromatic ring is 1. The lowest BCUT2D eigenvalue weighted by atomic mass is 10.4. The number of tetrazole rings is 1. The highest BCUT2D eigenvalue weighted by Gasteiger charge is 2.09. The van der Waals surface area contributed by atoms with Crippen LogP contribution in [0.15, 0.2) is 6.20 Å². The fraction of sp³-hybridized carbons (Fsp3) is 0.333. The van der Waals surface area contributed by atoms with E-state index in [-0.39, 0.29) is 5.95 Å². The van der Waals surface area contributed by atoms with Gasteiger partial charge in [-0.25, -0.2) is 0 Å². The fourth-order valence-electron chi connectivity index (χ4n) is 1.16. The van der Waals surface area contributed by atoms with Crippen LogP contribution in [0.4, 0.5) is 5.95 Å². The Labute approximate surface area is 74.1 Å². The molecule has 0 bridgehead atoms. The largest absolute Gasteiger partial charge is 0.366 e. The molecular formula is C6H9N7. The van der Waals surface area contributed by atoms with E-state index in [1.54, 1.807) is 4.68 Å². The second kappa shape index (κ2) is 2.54. The Hall–Kier alpha value is -1.92. The van der Waals surface area contributed by atoms with Crippen LogP contribution < -0.4 is 5.73 Å². The highest BCUT2D eigenvalue weighted by molar-refractivity contribution is 5.37. The van der Waals surface area contributed by atoms with Gasteiger partial charge in [-0.15, -0.1) is 0 Å². The number of hydrogen-bond donors (Lipinski definition) is 1. The lowest BCUT2D eigenvalue weighted by molar-refractivity contribution is 0.755. The standard InChI is InChI=1S/C6H9N7/c1-4-5(3-12(2)9-4)13-6(7)8-10-11-13/h3H,1-2H3,(H2,7,8,11). The Morgan fingerprint density at radius 2 is 2.23 bits per heavy atom. The molecule has 0 aromatic carbocycles. The highest BCUT2D eigenvalue weighted by Crippen LogP contribution is 2.11. The first-order chi connectivity index (χ1) is 6.18. The Morgan fingerprint density at radius 3 is 2.69 bits per heavy atom. The molecule has 2 rings (SSSR count). The molecule has 68 valence electrons. The Kier molecular flexibility index (Phi) is 1.51. The third-order valence-corrected chi connectivity index (χ3v) is 1.71. The molecule has 0 aliphatic heterocycles. The molecule has 2 aromatic heterocycles. The summed E-state index contributed by atoms with van der Waals surface area (Å²) in [5.41, 5.74) is 7.17. The molecule has 0 amide bonds. The van der Waals surface area contributed by atoms with Crippen LogP contribution in [-0.2, 0) is 7.05 Å². The number of hydrogen-bond acceptors (Lipinski definition) is 5. The van der Waals surface area contributed by atoms with Gasteiger partial charge in [-0.1, -0.05) is 5.10 Å². The van der Waals surface area contributed by atoms with Gasteiger partial charge in [-0.3, -0.25) is 4.68 Å². The summed E-state index contributed by atoms with van der Waals surface area (Å²) in [7, 11) is 1.83. The molecule has 7 heteroatoms. The lowest BCUT2D eigenvalue weighted by Gasteiger charge is -1.96. The summed E-state index contributed by atoms with van der Waals surface area (Å²) in [6, 6.07) is 0. The summed E-state index contributed by atoms with van der Waals surface area (Å²) < 4.78 is 3.13. The number of nitrogens with two attached hydrogens (primary N) is 1. The van der Waals surface area contributed by atoms with Crippen molar-refractivity contribution in [1.29, 1.82) is 0 Å². The first-order valence-electron chi connectivity index (χ1n) is 3.73. The predicted molar refractivity (Wildman–Crippen MR) is 45.1 cm³/mol. The average molecular weight is 179 g/mol. The zero-order valence-corrected chi connectivity index (χ0v) is 7.34. The van der Waals surface area contributed by atoms with Crippen molar-refractivity contribution in [3.05, 3.63) is 11.9 Å². The predicted octanol–water partition coefficient (Wildman–Crippen LogP) is -0.714. The third kappa shape index (κ3) is 1.13. The van der Waals surface area contributed by atoms with E-state index in [0.29, 0.717) is 0 Å². The van der Waals surface area contributed by atoms with Gasteiger partial charge >= 0.3 is 0 Å². The molecule has 0 spiro atoms. The summed E-state index contributed by atoms with van der Waals surface area (Å²) in [6.45, 7) is 1.87. The zero-order valence-electron chi connectivity index (χ0n) is 7.34. The maximum Gasteiger partial charge on any atom is 0.245 e. The second-order valence-corrected chi connectivity index (χ2v) is 2.72. The maximum absolute atomic E-state index is 5.54. The van der Waals surface area contributed by atoms with Gasteiger partial charge < -0.3 is 5.73 Å². The Bertz CT molecular complexity index is 426. The monoisotopic (exact) mass is 179 g/mol. The van der Waals surface area contributed by atoms with E-state index < -0.39 is 0 Å². The quantitative estimate of drug-likeness (QED) is 0.624. The van der Waals surface area contributed by atoms with Gasteiger partial charge in [0.1, 0.15) is 5.69 Å². The number of aryl methyl sites for hydroxylation is 2. The summed E-state index contributed by atoms with van der Waals surface area (Å²) in [5.74, 6) is 0.260. The van der Waals surface area contributed by atoms with E-state index in [0.717, 1.165) is 11.4 Å². The van der Waals surface area contributed by atoms with Crippen molar-refractivity contribution in [2.75, 3.05) is 5.73 Å². The van der Waals surface area contributed by atoms with E-state index in [4.69, 9.17) is 5.73 Å². The normalized spacial score (nSPS) is 10.6. The van der Waals surface area contributed by atoms with Crippen LogP contribution in [0.2, 0.25) is 0 Å². The van der Waals surface area contributed by atoms with Crippen molar-refractivity contribution in [1.82, 2.24) is 30.0 Å². The van der Waals surface area contributed by atoms with Crippen LogP contribution in [0.25, 0.3) is 5.69 Å². The minimum absolute atomic E-state index is 0.260. The van der Waals surface area contributed by atoms with Crippen LogP contribution >= 0.6 is 0 Å². The first-order valence-corrected chi connectivity index (χ1v) is 3.73. The molecule has 0 aliphatic carbocycles. The van der Waals surface area contributed by atoms with Crippen molar-refractivity contribution in [2.45, 2.75) is 6.92 Å². The van der Waals surface area contributed by atoms with E-state index in [2.05, 4.69) is 20.6 Å². The van der Waals surface area contributed by atoms with Gasteiger partial charge in [0.25, 0.3) is 0 Å². The van der Waals surface area contributed by atoms with Gasteiger partial charge in [0.2, 0.25) is 5.95 Å². The van der Waals surface area contributed by atoms with Crippen LogP contribution in [-0.4, -0.2) is 30.0 Å². The number of anilines is 1. The van der Waals surface area contributed by atoms with Gasteiger partial charge in [0.15, 0.2) is 0 Å². The van der Waals surface area contributed by atoms with E-state index in [9.17, 15) is 0 Å². The van der Waals surface area contributed by atoms with E-state index >= 15 is 0 Å². The van der Waals surface area contributed by atoms with E-state index in [1.165, 1.54) is 4.68 Å². The average Bonchev–Trinajstić information content (AvgIpc) is 2.58. The minimum atomic E-state index is 0.260. The molecule has 2 heterocycles. The van der Waals surface area contributed by atoms with Crippen molar-refractivity contribution < 1.29 is 0 Å².